The SMILES string of the molecule is Cc1ccc2oc3c(C)nc(CCl)nc3c2c1. The minimum Gasteiger partial charge on any atom is -0.452 e. The molecule has 3 aromatic rings. The van der Waals surface area contributed by atoms with Crippen LogP contribution in [0.25, 0.3) is 22.1 Å². The van der Waals surface area contributed by atoms with Gasteiger partial charge in [0.1, 0.15) is 16.9 Å². The van der Waals surface area contributed by atoms with Gasteiger partial charge in [-0.1, -0.05) is 11.6 Å². The lowest BCUT2D eigenvalue weighted by Crippen LogP contribution is -1.93. The molecule has 0 aliphatic rings. The molecule has 1 aromatic carbocycles. The first kappa shape index (κ1) is 10.5. The molecule has 0 atom stereocenters. The van der Waals surface area contributed by atoms with E-state index in [-0.39, 0.29) is 0 Å². The molecule has 4 heteroatoms. The molecule has 3 nitrogen and oxygen atoms in total. The lowest BCUT2D eigenvalue weighted by molar-refractivity contribution is 0.660. The van der Waals surface area contributed by atoms with Gasteiger partial charge in [0.25, 0.3) is 0 Å². The fourth-order valence-corrected chi connectivity index (χ4v) is 2.13. The predicted octanol–water partition coefficient (Wildman–Crippen LogP) is 3.73. The number of alkyl halides is 1. The first-order chi connectivity index (χ1) is 8.19. The third-order valence-corrected chi connectivity index (χ3v) is 3.04. The molecule has 17 heavy (non-hydrogen) atoms. The minimum atomic E-state index is 0.315. The standard InChI is InChI=1S/C13H11ClN2O/c1-7-3-4-10-9(5-7)12-13(17-10)8(2)15-11(6-14)16-12/h3-5H,6H2,1-2H3. The summed E-state index contributed by atoms with van der Waals surface area (Å²) in [6.45, 7) is 3.96. The van der Waals surface area contributed by atoms with Crippen molar-refractivity contribution in [3.8, 4) is 0 Å². The molecule has 0 fully saturated rings. The van der Waals surface area contributed by atoms with Crippen LogP contribution in [0.1, 0.15) is 17.1 Å². The fourth-order valence-electron chi connectivity index (χ4n) is 2.01. The summed E-state index contributed by atoms with van der Waals surface area (Å²) in [7, 11) is 0. The number of fused-ring (bicyclic) bond motifs is 3. The molecule has 86 valence electrons. The summed E-state index contributed by atoms with van der Waals surface area (Å²) in [5.74, 6) is 0.954. The molecule has 2 aromatic heterocycles. The van der Waals surface area contributed by atoms with Crippen molar-refractivity contribution in [3.63, 3.8) is 0 Å². The van der Waals surface area contributed by atoms with Crippen molar-refractivity contribution in [1.82, 2.24) is 9.97 Å². The molecule has 0 aliphatic heterocycles. The summed E-state index contributed by atoms with van der Waals surface area (Å²) in [4.78, 5) is 8.75. The van der Waals surface area contributed by atoms with Crippen LogP contribution in [0.2, 0.25) is 0 Å². The van der Waals surface area contributed by atoms with E-state index in [1.54, 1.807) is 0 Å². The summed E-state index contributed by atoms with van der Waals surface area (Å²) in [5, 5.41) is 1.02. The van der Waals surface area contributed by atoms with Crippen molar-refractivity contribution in [3.05, 3.63) is 35.3 Å². The average molecular weight is 247 g/mol. The topological polar surface area (TPSA) is 38.9 Å². The third kappa shape index (κ3) is 1.58. The van der Waals surface area contributed by atoms with E-state index in [1.165, 1.54) is 5.56 Å². The number of furan rings is 1. The number of rotatable bonds is 1. The fraction of sp³-hybridized carbons (Fsp3) is 0.231. The van der Waals surface area contributed by atoms with Gasteiger partial charge in [-0.2, -0.15) is 0 Å². The Bertz CT molecular complexity index is 718. The summed E-state index contributed by atoms with van der Waals surface area (Å²) in [6.07, 6.45) is 0. The lowest BCUT2D eigenvalue weighted by atomic mass is 10.1. The van der Waals surface area contributed by atoms with Crippen molar-refractivity contribution < 1.29 is 4.42 Å². The van der Waals surface area contributed by atoms with Crippen LogP contribution in [-0.2, 0) is 5.88 Å². The summed E-state index contributed by atoms with van der Waals surface area (Å²) >= 11 is 5.79. The van der Waals surface area contributed by atoms with Gasteiger partial charge >= 0.3 is 0 Å². The molecule has 3 rings (SSSR count). The van der Waals surface area contributed by atoms with Crippen molar-refractivity contribution in [1.29, 1.82) is 0 Å². The molecule has 0 radical (unpaired) electrons. The van der Waals surface area contributed by atoms with Gasteiger partial charge in [0.15, 0.2) is 5.58 Å². The number of nitrogens with zero attached hydrogens (tertiary/aromatic N) is 2. The van der Waals surface area contributed by atoms with Crippen LogP contribution < -0.4 is 0 Å². The highest BCUT2D eigenvalue weighted by Crippen LogP contribution is 2.29. The maximum atomic E-state index is 5.79. The summed E-state index contributed by atoms with van der Waals surface area (Å²) in [5.41, 5.74) is 4.46. The number of hydrogen-bond donors (Lipinski definition) is 0. The molecular formula is C13H11ClN2O. The zero-order valence-corrected chi connectivity index (χ0v) is 10.4. The second kappa shape index (κ2) is 3.70. The van der Waals surface area contributed by atoms with Gasteiger partial charge < -0.3 is 4.42 Å². The predicted molar refractivity (Wildman–Crippen MR) is 68.3 cm³/mol. The Hall–Kier alpha value is -1.61. The van der Waals surface area contributed by atoms with Gasteiger partial charge in [-0.3, -0.25) is 0 Å². The van der Waals surface area contributed by atoms with Crippen LogP contribution in [0.3, 0.4) is 0 Å². The van der Waals surface area contributed by atoms with E-state index in [0.29, 0.717) is 11.7 Å². The quantitative estimate of drug-likeness (QED) is 0.614. The maximum absolute atomic E-state index is 5.79. The Morgan fingerprint density at radius 2 is 2.06 bits per heavy atom. The number of aryl methyl sites for hydroxylation is 2. The van der Waals surface area contributed by atoms with E-state index in [9.17, 15) is 0 Å². The molecule has 0 unspecified atom stereocenters. The molecule has 0 aliphatic carbocycles. The maximum Gasteiger partial charge on any atom is 0.175 e. The van der Waals surface area contributed by atoms with Crippen LogP contribution in [-0.4, -0.2) is 9.97 Å². The number of halogens is 1. The van der Waals surface area contributed by atoms with E-state index >= 15 is 0 Å². The minimum absolute atomic E-state index is 0.315. The Balaban J connectivity index is 2.49. The molecule has 0 saturated carbocycles. The highest BCUT2D eigenvalue weighted by molar-refractivity contribution is 6.16. The van der Waals surface area contributed by atoms with E-state index in [4.69, 9.17) is 16.0 Å². The second-order valence-corrected chi connectivity index (χ2v) is 4.41. The van der Waals surface area contributed by atoms with Gasteiger partial charge in [-0.05, 0) is 26.0 Å². The summed E-state index contributed by atoms with van der Waals surface area (Å²) in [6, 6.07) is 6.06. The molecule has 0 amide bonds. The monoisotopic (exact) mass is 246 g/mol. The highest BCUT2D eigenvalue weighted by Gasteiger charge is 2.12. The zero-order chi connectivity index (χ0) is 12.0. The van der Waals surface area contributed by atoms with Gasteiger partial charge in [0, 0.05) is 5.39 Å². The molecule has 0 saturated heterocycles. The Morgan fingerprint density at radius 3 is 2.82 bits per heavy atom. The van der Waals surface area contributed by atoms with E-state index in [0.717, 1.165) is 27.8 Å². The van der Waals surface area contributed by atoms with Crippen molar-refractivity contribution in [2.45, 2.75) is 19.7 Å². The normalized spacial score (nSPS) is 11.5. The first-order valence-electron chi connectivity index (χ1n) is 5.41. The van der Waals surface area contributed by atoms with Gasteiger partial charge in [0.2, 0.25) is 0 Å². The van der Waals surface area contributed by atoms with Crippen molar-refractivity contribution >= 4 is 33.7 Å². The lowest BCUT2D eigenvalue weighted by Gasteiger charge is -1.97. The van der Waals surface area contributed by atoms with Crippen molar-refractivity contribution in [2.24, 2.45) is 0 Å². The average Bonchev–Trinajstić information content (AvgIpc) is 2.68. The van der Waals surface area contributed by atoms with E-state index < -0.39 is 0 Å². The summed E-state index contributed by atoms with van der Waals surface area (Å²) < 4.78 is 5.77. The van der Waals surface area contributed by atoms with Crippen LogP contribution in [0.4, 0.5) is 0 Å². The first-order valence-corrected chi connectivity index (χ1v) is 5.95. The smallest absolute Gasteiger partial charge is 0.175 e. The second-order valence-electron chi connectivity index (χ2n) is 4.14. The van der Waals surface area contributed by atoms with Crippen LogP contribution in [0.15, 0.2) is 22.6 Å². The molecule has 0 N–H and O–H groups in total. The van der Waals surface area contributed by atoms with Gasteiger partial charge in [0.05, 0.1) is 11.6 Å². The molecule has 2 heterocycles. The number of hydrogen-bond acceptors (Lipinski definition) is 3. The van der Waals surface area contributed by atoms with Crippen LogP contribution in [0, 0.1) is 13.8 Å². The molecule has 0 bridgehead atoms. The van der Waals surface area contributed by atoms with E-state index in [2.05, 4.69) is 23.0 Å². The molecular weight excluding hydrogens is 236 g/mol. The van der Waals surface area contributed by atoms with E-state index in [1.807, 2.05) is 19.1 Å². The Kier molecular flexibility index (Phi) is 2.30. The van der Waals surface area contributed by atoms with Gasteiger partial charge in [-0.25, -0.2) is 9.97 Å². The number of aromatic nitrogens is 2. The Labute approximate surface area is 103 Å². The molecule has 0 spiro atoms. The Morgan fingerprint density at radius 1 is 1.24 bits per heavy atom. The largest absolute Gasteiger partial charge is 0.452 e. The van der Waals surface area contributed by atoms with Crippen molar-refractivity contribution in [2.75, 3.05) is 0 Å². The number of benzene rings is 1. The highest BCUT2D eigenvalue weighted by atomic mass is 35.5. The van der Waals surface area contributed by atoms with Crippen LogP contribution >= 0.6 is 11.6 Å². The zero-order valence-electron chi connectivity index (χ0n) is 9.62. The van der Waals surface area contributed by atoms with Crippen LogP contribution in [0.5, 0.6) is 0 Å². The third-order valence-electron chi connectivity index (χ3n) is 2.80. The van der Waals surface area contributed by atoms with Gasteiger partial charge in [-0.15, -0.1) is 11.6 Å².